The van der Waals surface area contributed by atoms with Crippen LogP contribution in [0.2, 0.25) is 0 Å². The van der Waals surface area contributed by atoms with Crippen LogP contribution in [0.25, 0.3) is 0 Å². The molecule has 7 amide bonds. The minimum atomic E-state index is -2.20. The summed E-state index contributed by atoms with van der Waals surface area (Å²) in [7, 11) is 0. The number of nitrogens with two attached hydrogens (primary N) is 1. The maximum Gasteiger partial charge on any atom is 0.326 e. The second kappa shape index (κ2) is 30.3. The average Bonchev–Trinajstić information content (AvgIpc) is 3.28. The van der Waals surface area contributed by atoms with Gasteiger partial charge in [-0.2, -0.15) is 0 Å². The molecule has 1 aromatic carbocycles. The lowest BCUT2D eigenvalue weighted by Crippen LogP contribution is -2.61. The van der Waals surface area contributed by atoms with Crippen molar-refractivity contribution in [3.05, 3.63) is 29.8 Å². The van der Waals surface area contributed by atoms with Crippen LogP contribution in [0, 0.1) is 5.92 Å². The number of amides is 7. The predicted molar refractivity (Wildman–Crippen MR) is 242 cm³/mol. The minimum Gasteiger partial charge on any atom is -0.508 e. The van der Waals surface area contributed by atoms with Crippen molar-refractivity contribution >= 4 is 83.1 Å². The first-order valence-corrected chi connectivity index (χ1v) is 22.1. The van der Waals surface area contributed by atoms with Crippen LogP contribution in [0.1, 0.15) is 96.5 Å². The fraction of sp³-hybridized carbons (Fsp3) is 0.535. The highest BCUT2D eigenvalue weighted by Gasteiger charge is 2.38. The summed E-state index contributed by atoms with van der Waals surface area (Å²) in [5, 5.41) is 90.6. The Labute approximate surface area is 414 Å². The molecule has 0 heterocycles. The molecule has 0 saturated heterocycles. The summed E-state index contributed by atoms with van der Waals surface area (Å²) in [4.78, 5) is 176. The molecule has 9 atom stereocenters. The summed E-state index contributed by atoms with van der Waals surface area (Å²) in [6.07, 6.45) is -8.16. The van der Waals surface area contributed by atoms with Crippen molar-refractivity contribution in [1.29, 1.82) is 0 Å². The van der Waals surface area contributed by atoms with Crippen molar-refractivity contribution in [3.8, 4) is 5.75 Å². The van der Waals surface area contributed by atoms with Crippen molar-refractivity contribution in [2.45, 2.75) is 139 Å². The summed E-state index contributed by atoms with van der Waals surface area (Å²) in [6.45, 7) is 4.21. The zero-order valence-corrected chi connectivity index (χ0v) is 39.5. The van der Waals surface area contributed by atoms with Crippen molar-refractivity contribution < 1.29 is 108 Å². The number of hydrogen-bond donors (Lipinski definition) is 16. The average molecular weight is 1040 g/mol. The van der Waals surface area contributed by atoms with E-state index < -0.39 is 208 Å². The summed E-state index contributed by atoms with van der Waals surface area (Å²) >= 11 is 0. The maximum absolute atomic E-state index is 14.3. The number of carboxylic acids is 7. The number of phenolic OH excluding ortho intramolecular Hbond substituents is 1. The molecule has 404 valence electrons. The van der Waals surface area contributed by atoms with E-state index in [1.54, 1.807) is 0 Å². The molecule has 0 aliphatic heterocycles. The Kier molecular flexibility index (Phi) is 26.0. The van der Waals surface area contributed by atoms with Crippen LogP contribution in [-0.2, 0) is 67.1 Å². The lowest BCUT2D eigenvalue weighted by molar-refractivity contribution is -0.144. The minimum absolute atomic E-state index is 0.189. The van der Waals surface area contributed by atoms with Crippen molar-refractivity contribution in [1.82, 2.24) is 37.2 Å². The molecule has 0 bridgehead atoms. The van der Waals surface area contributed by atoms with Crippen LogP contribution in [-0.4, -0.2) is 172 Å². The second-order valence-electron chi connectivity index (χ2n) is 16.8. The van der Waals surface area contributed by atoms with Gasteiger partial charge in [-0.1, -0.05) is 32.9 Å². The smallest absolute Gasteiger partial charge is 0.326 e. The van der Waals surface area contributed by atoms with Crippen molar-refractivity contribution in [3.63, 3.8) is 0 Å². The third-order valence-electron chi connectivity index (χ3n) is 10.6. The van der Waals surface area contributed by atoms with Gasteiger partial charge in [0.1, 0.15) is 48.0 Å². The molecular formula is C43H60N8O22. The van der Waals surface area contributed by atoms with E-state index in [9.17, 15) is 103 Å². The molecule has 0 spiro atoms. The molecule has 0 fully saturated rings. The van der Waals surface area contributed by atoms with E-state index in [1.165, 1.54) is 45.0 Å². The molecule has 0 aliphatic carbocycles. The molecule has 30 heteroatoms. The van der Waals surface area contributed by atoms with Gasteiger partial charge in [0.25, 0.3) is 0 Å². The zero-order chi connectivity index (χ0) is 55.9. The van der Waals surface area contributed by atoms with E-state index in [0.29, 0.717) is 0 Å². The summed E-state index contributed by atoms with van der Waals surface area (Å²) in [6, 6.07) is -10.0. The number of phenols is 1. The Hall–Kier alpha value is -8.44. The number of nitrogens with one attached hydrogen (secondary N) is 7. The van der Waals surface area contributed by atoms with Crippen molar-refractivity contribution in [2.75, 3.05) is 0 Å². The molecular weight excluding hydrogens is 981 g/mol. The number of aliphatic carboxylic acids is 7. The number of carbonyl (C=O) groups is 14. The Bertz CT molecular complexity index is 2220. The SMILES string of the molecule is CC(C)[C@H](NC(=O)[C@H](CCC(=O)O)NC(=O)[C@H](CCC(=O)O)NC(=O)[C@H](NC(=O)[C@H](CCC(=O)O)NC(=O)[C@H](CC(=O)O)NC(=O)[C@H](CC(=O)O)NC(=O)[C@@H](N)CCC(=O)O)C(C)c1ccc(O)cc1)C(=O)O. The van der Waals surface area contributed by atoms with Gasteiger partial charge in [-0.05, 0) is 49.3 Å². The Morgan fingerprint density at radius 1 is 0.411 bits per heavy atom. The lowest BCUT2D eigenvalue weighted by Gasteiger charge is -2.30. The second-order valence-corrected chi connectivity index (χ2v) is 16.8. The molecule has 0 aliphatic rings. The normalized spacial score (nSPS) is 14.6. The van der Waals surface area contributed by atoms with E-state index in [2.05, 4.69) is 26.6 Å². The van der Waals surface area contributed by atoms with Crippen LogP contribution in [0.4, 0.5) is 0 Å². The van der Waals surface area contributed by atoms with E-state index in [0.717, 1.165) is 0 Å². The standard InChI is InChI=1S/C43H60N8O22/c1-18(2)34(43(72)73)50-38(67)24(10-14-30(57)58)45-37(66)23(9-13-29(55)56)47-42(71)35(19(3)20-4-6-21(52)7-5-20)51-39(68)25(11-15-31(59)60)46-40(69)27(17-33(63)64)49-41(70)26(16-32(61)62)48-36(65)22(44)8-12-28(53)54/h4-7,18-19,22-27,34-35,52H,8-17,44H2,1-3H3,(H,45,66)(H,46,69)(H,47,71)(H,48,65)(H,49,70)(H,50,67)(H,51,68)(H,53,54)(H,55,56)(H,57,58)(H,59,60)(H,61,62)(H,63,64)(H,72,73)/t19?,22-,23-,24-,25-,26-,27-,34-,35+/m0/s1. The molecule has 17 N–H and O–H groups in total. The molecule has 0 aromatic heterocycles. The van der Waals surface area contributed by atoms with Gasteiger partial charge >= 0.3 is 41.8 Å². The van der Waals surface area contributed by atoms with E-state index in [-0.39, 0.29) is 11.3 Å². The van der Waals surface area contributed by atoms with Gasteiger partial charge in [0, 0.05) is 31.6 Å². The van der Waals surface area contributed by atoms with Gasteiger partial charge in [-0.15, -0.1) is 0 Å². The fourth-order valence-corrected chi connectivity index (χ4v) is 6.55. The molecule has 0 radical (unpaired) electrons. The third-order valence-corrected chi connectivity index (χ3v) is 10.6. The van der Waals surface area contributed by atoms with Crippen LogP contribution < -0.4 is 43.0 Å². The van der Waals surface area contributed by atoms with E-state index >= 15 is 0 Å². The van der Waals surface area contributed by atoms with Crippen molar-refractivity contribution in [2.24, 2.45) is 11.7 Å². The lowest BCUT2D eigenvalue weighted by atomic mass is 9.91. The summed E-state index contributed by atoms with van der Waals surface area (Å²) in [5.74, 6) is -22.3. The number of hydrogen-bond acceptors (Lipinski definition) is 16. The van der Waals surface area contributed by atoms with Gasteiger partial charge in [-0.25, -0.2) is 4.79 Å². The summed E-state index contributed by atoms with van der Waals surface area (Å²) < 4.78 is 0. The number of benzene rings is 1. The molecule has 73 heavy (non-hydrogen) atoms. The van der Waals surface area contributed by atoms with Gasteiger partial charge in [0.05, 0.1) is 18.9 Å². The summed E-state index contributed by atoms with van der Waals surface area (Å²) in [5.41, 5.74) is 5.83. The fourth-order valence-electron chi connectivity index (χ4n) is 6.55. The molecule has 1 unspecified atom stereocenters. The van der Waals surface area contributed by atoms with E-state index in [1.807, 2.05) is 10.6 Å². The zero-order valence-electron chi connectivity index (χ0n) is 39.5. The largest absolute Gasteiger partial charge is 0.508 e. The highest BCUT2D eigenvalue weighted by atomic mass is 16.4. The maximum atomic E-state index is 14.3. The highest BCUT2D eigenvalue weighted by molar-refractivity contribution is 5.99. The first kappa shape index (κ1) is 62.6. The van der Waals surface area contributed by atoms with Gasteiger partial charge in [0.2, 0.25) is 41.4 Å². The van der Waals surface area contributed by atoms with Crippen LogP contribution in [0.15, 0.2) is 24.3 Å². The van der Waals surface area contributed by atoms with E-state index in [4.69, 9.17) is 10.8 Å². The van der Waals surface area contributed by atoms with Gasteiger partial charge in [0.15, 0.2) is 0 Å². The Morgan fingerprint density at radius 2 is 0.726 bits per heavy atom. The monoisotopic (exact) mass is 1040 g/mol. The Balaban J connectivity index is 3.74. The van der Waals surface area contributed by atoms with Gasteiger partial charge in [-0.3, -0.25) is 62.3 Å². The first-order chi connectivity index (χ1) is 33.9. The number of carbonyl (C=O) groups excluding carboxylic acids is 7. The topological polar surface area (TPSA) is 511 Å². The predicted octanol–water partition coefficient (Wildman–Crippen LogP) is -3.63. The van der Waals surface area contributed by atoms with Crippen LogP contribution >= 0.6 is 0 Å². The molecule has 30 nitrogen and oxygen atoms in total. The number of aromatic hydroxyl groups is 1. The molecule has 0 saturated carbocycles. The number of rotatable bonds is 34. The third kappa shape index (κ3) is 23.4. The van der Waals surface area contributed by atoms with Crippen LogP contribution in [0.3, 0.4) is 0 Å². The van der Waals surface area contributed by atoms with Gasteiger partial charge < -0.3 is 83.8 Å². The molecule has 1 aromatic rings. The highest BCUT2D eigenvalue weighted by Crippen LogP contribution is 2.23. The first-order valence-electron chi connectivity index (χ1n) is 22.1. The quantitative estimate of drug-likeness (QED) is 0.0317. The Morgan fingerprint density at radius 3 is 1.08 bits per heavy atom. The number of carboxylic acid groups (broad SMARTS) is 7. The van der Waals surface area contributed by atoms with Crippen LogP contribution in [0.5, 0.6) is 5.75 Å². The molecule has 1 rings (SSSR count).